The Balaban J connectivity index is 1.79. The highest BCUT2D eigenvalue weighted by molar-refractivity contribution is 7.18. The summed E-state index contributed by atoms with van der Waals surface area (Å²) in [5, 5.41) is 5.34. The molecular weight excluding hydrogens is 466 g/mol. The first-order valence-electron chi connectivity index (χ1n) is 11.2. The molecule has 1 N–H and O–H groups in total. The maximum atomic E-state index is 13.3. The van der Waals surface area contributed by atoms with Crippen LogP contribution in [-0.4, -0.2) is 41.1 Å². The van der Waals surface area contributed by atoms with Crippen LogP contribution in [0.5, 0.6) is 0 Å². The van der Waals surface area contributed by atoms with Gasteiger partial charge in [-0.1, -0.05) is 36.4 Å². The minimum absolute atomic E-state index is 0.179. The van der Waals surface area contributed by atoms with E-state index in [-0.39, 0.29) is 34.2 Å². The molecule has 4 aromatic rings. The van der Waals surface area contributed by atoms with E-state index < -0.39 is 11.9 Å². The number of aryl methyl sites for hydroxylation is 1. The largest absolute Gasteiger partial charge is 0.462 e. The summed E-state index contributed by atoms with van der Waals surface area (Å²) in [4.78, 5) is 43.1. The molecule has 0 saturated carbocycles. The number of benzene rings is 2. The van der Waals surface area contributed by atoms with Crippen molar-refractivity contribution in [2.45, 2.75) is 27.7 Å². The van der Waals surface area contributed by atoms with Crippen molar-refractivity contribution in [2.75, 3.05) is 13.2 Å². The second-order valence-electron chi connectivity index (χ2n) is 7.72. The Hall–Kier alpha value is -3.98. The molecule has 0 saturated heterocycles. The van der Waals surface area contributed by atoms with Gasteiger partial charge in [-0.15, -0.1) is 11.3 Å². The maximum Gasteiger partial charge on any atom is 0.348 e. The maximum absolute atomic E-state index is 13.3. The van der Waals surface area contributed by atoms with Crippen molar-refractivity contribution in [1.82, 2.24) is 9.78 Å². The van der Waals surface area contributed by atoms with E-state index in [2.05, 4.69) is 10.1 Å². The number of aromatic nitrogens is 2. The van der Waals surface area contributed by atoms with Crippen LogP contribution < -0.4 is 5.56 Å². The molecule has 180 valence electrons. The standard InChI is InChI=1S/C26H25N3O5S/c1-5-33-25(31)21-15(3)22(26(32)34-6-2)35-23(21)27-14-19-16(4)28-29(24(19)30)20-13-9-11-17-10-7-8-12-18(17)20/h7-14,28H,5-6H2,1-4H3. The topological polar surface area (TPSA) is 103 Å². The lowest BCUT2D eigenvalue weighted by Gasteiger charge is -2.06. The Kier molecular flexibility index (Phi) is 6.97. The van der Waals surface area contributed by atoms with Crippen LogP contribution in [0.3, 0.4) is 0 Å². The minimum Gasteiger partial charge on any atom is -0.462 e. The van der Waals surface area contributed by atoms with Crippen LogP contribution in [0.1, 0.15) is 50.7 Å². The summed E-state index contributed by atoms with van der Waals surface area (Å²) >= 11 is 1.03. The predicted molar refractivity (Wildman–Crippen MR) is 137 cm³/mol. The first kappa shape index (κ1) is 24.2. The minimum atomic E-state index is -0.581. The molecule has 0 unspecified atom stereocenters. The molecule has 0 radical (unpaired) electrons. The Bertz CT molecular complexity index is 1500. The number of carbonyl (C=O) groups excluding carboxylic acids is 2. The van der Waals surface area contributed by atoms with Crippen LogP contribution in [0.15, 0.2) is 52.3 Å². The number of aromatic amines is 1. The summed E-state index contributed by atoms with van der Waals surface area (Å²) < 4.78 is 11.8. The SMILES string of the molecule is CCOC(=O)c1sc(N=Cc2c(C)[nH]n(-c3cccc4ccccc34)c2=O)c(C(=O)OCC)c1C. The Labute approximate surface area is 205 Å². The molecule has 4 rings (SSSR count). The Morgan fingerprint density at radius 3 is 2.46 bits per heavy atom. The number of H-pyrrole nitrogens is 1. The average molecular weight is 492 g/mol. The Morgan fingerprint density at radius 2 is 1.71 bits per heavy atom. The summed E-state index contributed by atoms with van der Waals surface area (Å²) in [7, 11) is 0. The van der Waals surface area contributed by atoms with Gasteiger partial charge in [-0.25, -0.2) is 19.3 Å². The molecule has 0 bridgehead atoms. The van der Waals surface area contributed by atoms with E-state index in [4.69, 9.17) is 9.47 Å². The van der Waals surface area contributed by atoms with E-state index in [9.17, 15) is 14.4 Å². The lowest BCUT2D eigenvalue weighted by atomic mass is 10.1. The number of ether oxygens (including phenoxy) is 2. The summed E-state index contributed by atoms with van der Waals surface area (Å²) in [5.41, 5.74) is 2.04. The van der Waals surface area contributed by atoms with Crippen LogP contribution in [0, 0.1) is 13.8 Å². The zero-order valence-electron chi connectivity index (χ0n) is 19.9. The zero-order valence-corrected chi connectivity index (χ0v) is 20.7. The average Bonchev–Trinajstić information content (AvgIpc) is 3.32. The summed E-state index contributed by atoms with van der Waals surface area (Å²) in [6.07, 6.45) is 1.42. The summed E-state index contributed by atoms with van der Waals surface area (Å²) in [6.45, 7) is 7.23. The highest BCUT2D eigenvalue weighted by Crippen LogP contribution is 2.36. The fraction of sp³-hybridized carbons (Fsp3) is 0.231. The number of carbonyl (C=O) groups is 2. The molecule has 8 nitrogen and oxygen atoms in total. The van der Waals surface area contributed by atoms with Gasteiger partial charge in [0.1, 0.15) is 15.4 Å². The van der Waals surface area contributed by atoms with E-state index in [0.717, 1.165) is 27.8 Å². The molecule has 0 aliphatic carbocycles. The monoisotopic (exact) mass is 491 g/mol. The van der Waals surface area contributed by atoms with Crippen molar-refractivity contribution in [3.8, 4) is 5.69 Å². The van der Waals surface area contributed by atoms with Gasteiger partial charge in [0.15, 0.2) is 0 Å². The van der Waals surface area contributed by atoms with E-state index in [1.165, 1.54) is 10.9 Å². The van der Waals surface area contributed by atoms with Gasteiger partial charge in [0.25, 0.3) is 5.56 Å². The van der Waals surface area contributed by atoms with Crippen molar-refractivity contribution in [2.24, 2.45) is 4.99 Å². The van der Waals surface area contributed by atoms with Crippen molar-refractivity contribution >= 4 is 45.3 Å². The van der Waals surface area contributed by atoms with Crippen LogP contribution >= 0.6 is 11.3 Å². The molecule has 0 atom stereocenters. The molecule has 0 aliphatic rings. The van der Waals surface area contributed by atoms with E-state index in [1.54, 1.807) is 27.7 Å². The number of rotatable bonds is 7. The number of fused-ring (bicyclic) bond motifs is 1. The van der Waals surface area contributed by atoms with Gasteiger partial charge >= 0.3 is 11.9 Å². The van der Waals surface area contributed by atoms with Crippen molar-refractivity contribution < 1.29 is 19.1 Å². The van der Waals surface area contributed by atoms with Crippen molar-refractivity contribution in [3.05, 3.63) is 80.1 Å². The number of nitrogens with one attached hydrogen (secondary N) is 1. The van der Waals surface area contributed by atoms with Crippen molar-refractivity contribution in [3.63, 3.8) is 0 Å². The number of nitrogens with zero attached hydrogens (tertiary/aromatic N) is 2. The Morgan fingerprint density at radius 1 is 1.03 bits per heavy atom. The van der Waals surface area contributed by atoms with Crippen LogP contribution in [-0.2, 0) is 9.47 Å². The molecule has 0 amide bonds. The third-order valence-electron chi connectivity index (χ3n) is 5.50. The third-order valence-corrected chi connectivity index (χ3v) is 6.68. The van der Waals surface area contributed by atoms with Gasteiger partial charge in [0, 0.05) is 17.3 Å². The van der Waals surface area contributed by atoms with Gasteiger partial charge in [0.2, 0.25) is 0 Å². The van der Waals surface area contributed by atoms with Gasteiger partial charge < -0.3 is 9.47 Å². The second kappa shape index (κ2) is 10.1. The molecule has 0 fully saturated rings. The molecular formula is C26H25N3O5S. The number of thiophene rings is 1. The molecule has 35 heavy (non-hydrogen) atoms. The molecule has 2 aromatic heterocycles. The van der Waals surface area contributed by atoms with E-state index >= 15 is 0 Å². The molecule has 0 spiro atoms. The van der Waals surface area contributed by atoms with Gasteiger partial charge in [-0.2, -0.15) is 0 Å². The van der Waals surface area contributed by atoms with Crippen LogP contribution in [0.2, 0.25) is 0 Å². The fourth-order valence-corrected chi connectivity index (χ4v) is 4.87. The lowest BCUT2D eigenvalue weighted by molar-refractivity contribution is 0.0527. The van der Waals surface area contributed by atoms with Crippen LogP contribution in [0.4, 0.5) is 5.00 Å². The van der Waals surface area contributed by atoms with Crippen LogP contribution in [0.25, 0.3) is 16.5 Å². The predicted octanol–water partition coefficient (Wildman–Crippen LogP) is 5.10. The third kappa shape index (κ3) is 4.54. The van der Waals surface area contributed by atoms with E-state index in [0.29, 0.717) is 16.8 Å². The van der Waals surface area contributed by atoms with Crippen molar-refractivity contribution in [1.29, 1.82) is 0 Å². The summed E-state index contributed by atoms with van der Waals surface area (Å²) in [5.74, 6) is -1.11. The van der Waals surface area contributed by atoms with Gasteiger partial charge in [-0.05, 0) is 44.7 Å². The fourth-order valence-electron chi connectivity index (χ4n) is 3.83. The zero-order chi connectivity index (χ0) is 25.1. The van der Waals surface area contributed by atoms with Gasteiger partial charge in [-0.3, -0.25) is 9.89 Å². The molecule has 9 heteroatoms. The quantitative estimate of drug-likeness (QED) is 0.286. The first-order valence-corrected chi connectivity index (χ1v) is 12.0. The lowest BCUT2D eigenvalue weighted by Crippen LogP contribution is -2.17. The number of hydrogen-bond acceptors (Lipinski definition) is 7. The smallest absolute Gasteiger partial charge is 0.348 e. The number of aliphatic imine (C=N–C) groups is 1. The van der Waals surface area contributed by atoms with E-state index in [1.807, 2.05) is 42.5 Å². The highest BCUT2D eigenvalue weighted by Gasteiger charge is 2.26. The summed E-state index contributed by atoms with van der Waals surface area (Å²) in [6, 6.07) is 13.6. The second-order valence-corrected chi connectivity index (χ2v) is 8.72. The molecule has 2 aromatic carbocycles. The highest BCUT2D eigenvalue weighted by atomic mass is 32.1. The number of esters is 2. The number of hydrogen-bond donors (Lipinski definition) is 1. The normalized spacial score (nSPS) is 11.3. The molecule has 2 heterocycles. The first-order chi connectivity index (χ1) is 16.9. The molecule has 0 aliphatic heterocycles. The van der Waals surface area contributed by atoms with Gasteiger partial charge in [0.05, 0.1) is 24.5 Å².